The first kappa shape index (κ1) is 16.5. The molecule has 2 aromatic rings. The van der Waals surface area contributed by atoms with Gasteiger partial charge in [0.05, 0.1) is 17.1 Å². The summed E-state index contributed by atoms with van der Waals surface area (Å²) in [6, 6.07) is 12.4. The number of sulfonamides is 1. The van der Waals surface area contributed by atoms with Crippen LogP contribution in [-0.4, -0.2) is 36.6 Å². The van der Waals surface area contributed by atoms with Gasteiger partial charge in [0.2, 0.25) is 10.0 Å². The molecule has 1 unspecified atom stereocenters. The molecule has 25 heavy (non-hydrogen) atoms. The van der Waals surface area contributed by atoms with Crippen LogP contribution in [0.4, 0.5) is 5.69 Å². The van der Waals surface area contributed by atoms with Crippen molar-refractivity contribution in [3.05, 3.63) is 59.9 Å². The number of hydrogen-bond acceptors (Lipinski definition) is 4. The van der Waals surface area contributed by atoms with E-state index in [1.807, 2.05) is 12.1 Å². The third-order valence-electron chi connectivity index (χ3n) is 5.39. The second kappa shape index (κ2) is 6.77. The minimum atomic E-state index is -3.32. The zero-order valence-corrected chi connectivity index (χ0v) is 15.0. The molecule has 0 aliphatic carbocycles. The smallest absolute Gasteiger partial charge is 0.236 e. The van der Waals surface area contributed by atoms with Gasteiger partial charge in [-0.15, -0.1) is 0 Å². The first-order chi connectivity index (χ1) is 12.1. The van der Waals surface area contributed by atoms with Crippen LogP contribution in [0, 0.1) is 5.92 Å². The Morgan fingerprint density at radius 3 is 2.64 bits per heavy atom. The monoisotopic (exact) mass is 357 g/mol. The maximum Gasteiger partial charge on any atom is 0.236 e. The summed E-state index contributed by atoms with van der Waals surface area (Å²) < 4.78 is 28.1. The van der Waals surface area contributed by atoms with Crippen LogP contribution in [0.25, 0.3) is 0 Å². The van der Waals surface area contributed by atoms with E-state index in [0.717, 1.165) is 38.0 Å². The van der Waals surface area contributed by atoms with E-state index in [4.69, 9.17) is 0 Å². The minimum absolute atomic E-state index is 0.214. The van der Waals surface area contributed by atoms with Gasteiger partial charge < -0.3 is 0 Å². The van der Waals surface area contributed by atoms with E-state index < -0.39 is 10.0 Å². The maximum atomic E-state index is 12.7. The topological polar surface area (TPSA) is 62.3 Å². The highest BCUT2D eigenvalue weighted by Gasteiger charge is 2.39. The predicted octanol–water partition coefficient (Wildman–Crippen LogP) is 2.66. The molecule has 0 amide bonds. The van der Waals surface area contributed by atoms with Crippen LogP contribution in [-0.2, 0) is 23.0 Å². The van der Waals surface area contributed by atoms with E-state index in [2.05, 4.69) is 38.9 Å². The number of likely N-dealkylation sites (tertiary alicyclic amines) is 1. The van der Waals surface area contributed by atoms with Crippen LogP contribution >= 0.6 is 0 Å². The molecule has 132 valence electrons. The first-order valence-electron chi connectivity index (χ1n) is 8.82. The van der Waals surface area contributed by atoms with Crippen molar-refractivity contribution in [3.63, 3.8) is 0 Å². The molecule has 5 nitrogen and oxygen atoms in total. The summed E-state index contributed by atoms with van der Waals surface area (Å²) >= 11 is 0. The number of nitrogens with zero attached hydrogens (tertiary/aromatic N) is 2. The van der Waals surface area contributed by atoms with Gasteiger partial charge in [0.1, 0.15) is 0 Å². The molecule has 0 bridgehead atoms. The zero-order valence-electron chi connectivity index (χ0n) is 14.1. The van der Waals surface area contributed by atoms with Crippen LogP contribution in [0.15, 0.2) is 48.8 Å². The predicted molar refractivity (Wildman–Crippen MR) is 98.7 cm³/mol. The number of nitrogens with one attached hydrogen (secondary N) is 1. The van der Waals surface area contributed by atoms with Crippen molar-refractivity contribution in [1.82, 2.24) is 9.88 Å². The Balaban J connectivity index is 1.42. The molecule has 1 saturated heterocycles. The lowest BCUT2D eigenvalue weighted by Gasteiger charge is -2.37. The third kappa shape index (κ3) is 3.55. The van der Waals surface area contributed by atoms with Gasteiger partial charge >= 0.3 is 0 Å². The van der Waals surface area contributed by atoms with Crippen molar-refractivity contribution < 1.29 is 8.42 Å². The Labute approximate surface area is 149 Å². The molecule has 0 saturated carbocycles. The standard InChI is InChI=1S/C19H23N3O2S/c23-25(24)19(12-17-6-9-20-13-18(17)21-25)16-7-10-22(11-8-16)14-15-4-2-1-3-5-15/h1-6,9,13,16,19,21H,7-8,10-12,14H2. The second-order valence-electron chi connectivity index (χ2n) is 7.02. The van der Waals surface area contributed by atoms with Crippen molar-refractivity contribution in [2.45, 2.75) is 31.1 Å². The lowest BCUT2D eigenvalue weighted by atomic mass is 9.89. The van der Waals surface area contributed by atoms with Crippen molar-refractivity contribution in [2.75, 3.05) is 17.8 Å². The fraction of sp³-hybridized carbons (Fsp3) is 0.421. The molecule has 0 spiro atoms. The van der Waals surface area contributed by atoms with Gasteiger partial charge in [-0.25, -0.2) is 8.42 Å². The summed E-state index contributed by atoms with van der Waals surface area (Å²) in [5, 5.41) is -0.332. The number of anilines is 1. The molecule has 1 atom stereocenters. The molecule has 2 aliphatic rings. The van der Waals surface area contributed by atoms with Crippen molar-refractivity contribution >= 4 is 15.7 Å². The molecule has 1 aromatic carbocycles. The lowest BCUT2D eigenvalue weighted by Crippen LogP contribution is -2.44. The molecular formula is C19H23N3O2S. The van der Waals surface area contributed by atoms with Crippen LogP contribution in [0.3, 0.4) is 0 Å². The molecule has 1 N–H and O–H groups in total. The van der Waals surface area contributed by atoms with Gasteiger partial charge in [-0.05, 0) is 55.5 Å². The van der Waals surface area contributed by atoms with Crippen LogP contribution < -0.4 is 4.72 Å². The molecule has 2 aliphatic heterocycles. The highest BCUT2D eigenvalue weighted by molar-refractivity contribution is 7.93. The van der Waals surface area contributed by atoms with Crippen LogP contribution in [0.2, 0.25) is 0 Å². The fourth-order valence-electron chi connectivity index (χ4n) is 3.99. The number of benzene rings is 1. The first-order valence-corrected chi connectivity index (χ1v) is 10.4. The van der Waals surface area contributed by atoms with Gasteiger partial charge in [0.15, 0.2) is 0 Å². The molecule has 1 fully saturated rings. The fourth-order valence-corrected chi connectivity index (χ4v) is 5.81. The summed E-state index contributed by atoms with van der Waals surface area (Å²) in [6.07, 6.45) is 5.79. The molecule has 1 aromatic heterocycles. The highest BCUT2D eigenvalue weighted by atomic mass is 32.2. The summed E-state index contributed by atoms with van der Waals surface area (Å²) in [7, 11) is -3.32. The Kier molecular flexibility index (Phi) is 4.48. The summed E-state index contributed by atoms with van der Waals surface area (Å²) in [5.41, 5.74) is 3.01. The molecule has 0 radical (unpaired) electrons. The maximum absolute atomic E-state index is 12.7. The van der Waals surface area contributed by atoms with E-state index in [0.29, 0.717) is 12.1 Å². The number of piperidine rings is 1. The highest BCUT2D eigenvalue weighted by Crippen LogP contribution is 2.34. The summed E-state index contributed by atoms with van der Waals surface area (Å²) in [5.74, 6) is 0.214. The van der Waals surface area contributed by atoms with Gasteiger partial charge in [0, 0.05) is 12.7 Å². The largest absolute Gasteiger partial charge is 0.299 e. The van der Waals surface area contributed by atoms with Crippen molar-refractivity contribution in [3.8, 4) is 0 Å². The van der Waals surface area contributed by atoms with Gasteiger partial charge in [-0.3, -0.25) is 14.6 Å². The Hall–Kier alpha value is -1.92. The molecule has 4 rings (SSSR count). The van der Waals surface area contributed by atoms with Crippen LogP contribution in [0.1, 0.15) is 24.0 Å². The van der Waals surface area contributed by atoms with Gasteiger partial charge in [0.25, 0.3) is 0 Å². The SMILES string of the molecule is O=S1(=O)Nc2cnccc2CC1C1CCN(Cc2ccccc2)CC1. The average Bonchev–Trinajstić information content (AvgIpc) is 2.62. The minimum Gasteiger partial charge on any atom is -0.299 e. The molecule has 3 heterocycles. The Morgan fingerprint density at radius 2 is 1.88 bits per heavy atom. The third-order valence-corrected chi connectivity index (χ3v) is 7.24. The van der Waals surface area contributed by atoms with E-state index in [9.17, 15) is 8.42 Å². The average molecular weight is 357 g/mol. The van der Waals surface area contributed by atoms with E-state index in [1.54, 1.807) is 12.4 Å². The number of fused-ring (bicyclic) bond motifs is 1. The summed E-state index contributed by atoms with van der Waals surface area (Å²) in [4.78, 5) is 6.44. The normalized spacial score (nSPS) is 23.6. The second-order valence-corrected chi connectivity index (χ2v) is 8.92. The van der Waals surface area contributed by atoms with Crippen LogP contribution in [0.5, 0.6) is 0 Å². The lowest BCUT2D eigenvalue weighted by molar-refractivity contribution is 0.173. The number of aromatic nitrogens is 1. The van der Waals surface area contributed by atoms with Crippen molar-refractivity contribution in [1.29, 1.82) is 0 Å². The van der Waals surface area contributed by atoms with E-state index in [1.165, 1.54) is 5.56 Å². The van der Waals surface area contributed by atoms with Gasteiger partial charge in [-0.2, -0.15) is 0 Å². The molecule has 6 heteroatoms. The number of pyridine rings is 1. The molecular weight excluding hydrogens is 334 g/mol. The van der Waals surface area contributed by atoms with E-state index >= 15 is 0 Å². The number of rotatable bonds is 3. The summed E-state index contributed by atoms with van der Waals surface area (Å²) in [6.45, 7) is 2.85. The van der Waals surface area contributed by atoms with Crippen molar-refractivity contribution in [2.24, 2.45) is 5.92 Å². The Morgan fingerprint density at radius 1 is 1.12 bits per heavy atom. The van der Waals surface area contributed by atoms with Gasteiger partial charge in [-0.1, -0.05) is 30.3 Å². The quantitative estimate of drug-likeness (QED) is 0.917. The van der Waals surface area contributed by atoms with E-state index in [-0.39, 0.29) is 11.2 Å². The Bertz CT molecular complexity index is 831. The zero-order chi connectivity index (χ0) is 17.3. The number of hydrogen-bond donors (Lipinski definition) is 1.